The standard InChI is InChI=1S/C20H21N3O4/c1-26-13-12-23-11-10-16-17(4-3-5-18(16)23)22-20(25)21-15-8-6-14(7-9-15)19(24)27-2/h3-11H,12-13H2,1-2H3,(H2,21,22,25). The summed E-state index contributed by atoms with van der Waals surface area (Å²) in [4.78, 5) is 23.8. The van der Waals surface area contributed by atoms with Crippen LogP contribution < -0.4 is 10.6 Å². The van der Waals surface area contributed by atoms with Crippen LogP contribution in [0.5, 0.6) is 0 Å². The molecule has 0 aliphatic rings. The molecule has 0 spiro atoms. The van der Waals surface area contributed by atoms with Crippen LogP contribution in [0.25, 0.3) is 10.9 Å². The van der Waals surface area contributed by atoms with Crippen molar-refractivity contribution in [3.63, 3.8) is 0 Å². The Balaban J connectivity index is 1.70. The molecule has 2 amide bonds. The third-order valence-electron chi connectivity index (χ3n) is 4.16. The Bertz CT molecular complexity index is 948. The number of urea groups is 1. The third kappa shape index (κ3) is 4.27. The number of ether oxygens (including phenoxy) is 2. The van der Waals surface area contributed by atoms with Crippen molar-refractivity contribution in [2.45, 2.75) is 6.54 Å². The van der Waals surface area contributed by atoms with E-state index in [1.54, 1.807) is 31.4 Å². The average Bonchev–Trinajstić information content (AvgIpc) is 3.10. The number of nitrogens with zero attached hydrogens (tertiary/aromatic N) is 1. The van der Waals surface area contributed by atoms with Crippen molar-refractivity contribution in [1.82, 2.24) is 4.57 Å². The number of hydrogen-bond acceptors (Lipinski definition) is 4. The number of rotatable bonds is 6. The van der Waals surface area contributed by atoms with Gasteiger partial charge in [0.1, 0.15) is 0 Å². The first-order valence-corrected chi connectivity index (χ1v) is 8.45. The summed E-state index contributed by atoms with van der Waals surface area (Å²) in [6, 6.07) is 13.8. The van der Waals surface area contributed by atoms with E-state index in [0.717, 1.165) is 17.4 Å². The first-order chi connectivity index (χ1) is 13.1. The molecule has 7 heteroatoms. The highest BCUT2D eigenvalue weighted by Gasteiger charge is 2.10. The summed E-state index contributed by atoms with van der Waals surface area (Å²) in [5.74, 6) is -0.421. The number of carbonyl (C=O) groups excluding carboxylic acids is 2. The van der Waals surface area contributed by atoms with E-state index in [0.29, 0.717) is 23.5 Å². The minimum atomic E-state index is -0.421. The maximum atomic E-state index is 12.3. The molecule has 2 aromatic carbocycles. The van der Waals surface area contributed by atoms with Crippen molar-refractivity contribution >= 4 is 34.3 Å². The Kier molecular flexibility index (Phi) is 5.73. The Morgan fingerprint density at radius 3 is 2.48 bits per heavy atom. The second kappa shape index (κ2) is 8.37. The highest BCUT2D eigenvalue weighted by atomic mass is 16.5. The molecule has 0 aliphatic heterocycles. The number of anilines is 2. The minimum Gasteiger partial charge on any atom is -0.465 e. The number of carbonyl (C=O) groups is 2. The lowest BCUT2D eigenvalue weighted by molar-refractivity contribution is 0.0600. The molecule has 1 heterocycles. The van der Waals surface area contributed by atoms with Gasteiger partial charge in [-0.15, -0.1) is 0 Å². The van der Waals surface area contributed by atoms with Gasteiger partial charge in [-0.25, -0.2) is 9.59 Å². The molecular weight excluding hydrogens is 346 g/mol. The van der Waals surface area contributed by atoms with Crippen LogP contribution in [0.4, 0.5) is 16.2 Å². The molecule has 1 aromatic heterocycles. The smallest absolute Gasteiger partial charge is 0.337 e. The van der Waals surface area contributed by atoms with E-state index in [2.05, 4.69) is 19.9 Å². The van der Waals surface area contributed by atoms with E-state index in [1.807, 2.05) is 30.5 Å². The SMILES string of the molecule is COCCn1ccc2c(NC(=O)Nc3ccc(C(=O)OC)cc3)cccc21. The summed E-state index contributed by atoms with van der Waals surface area (Å²) in [6.07, 6.45) is 1.97. The number of nitrogens with one attached hydrogen (secondary N) is 2. The topological polar surface area (TPSA) is 81.6 Å². The zero-order valence-corrected chi connectivity index (χ0v) is 15.2. The van der Waals surface area contributed by atoms with E-state index in [1.165, 1.54) is 7.11 Å². The van der Waals surface area contributed by atoms with E-state index in [4.69, 9.17) is 4.74 Å². The molecule has 0 radical (unpaired) electrons. The van der Waals surface area contributed by atoms with E-state index in [-0.39, 0.29) is 6.03 Å². The molecule has 0 unspecified atom stereocenters. The molecule has 3 aromatic rings. The summed E-state index contributed by atoms with van der Waals surface area (Å²) in [6.45, 7) is 1.35. The second-order valence-corrected chi connectivity index (χ2v) is 5.89. The van der Waals surface area contributed by atoms with E-state index < -0.39 is 5.97 Å². The van der Waals surface area contributed by atoms with Gasteiger partial charge in [0.2, 0.25) is 0 Å². The number of aromatic nitrogens is 1. The van der Waals surface area contributed by atoms with Crippen LogP contribution in [0.3, 0.4) is 0 Å². The van der Waals surface area contributed by atoms with Crippen LogP contribution in [-0.2, 0) is 16.0 Å². The molecule has 0 saturated carbocycles. The number of esters is 1. The molecule has 0 aliphatic carbocycles. The Labute approximate surface area is 156 Å². The monoisotopic (exact) mass is 367 g/mol. The largest absolute Gasteiger partial charge is 0.465 e. The Morgan fingerprint density at radius 1 is 1.00 bits per heavy atom. The summed E-state index contributed by atoms with van der Waals surface area (Å²) in [7, 11) is 2.99. The van der Waals surface area contributed by atoms with Gasteiger partial charge >= 0.3 is 12.0 Å². The third-order valence-corrected chi connectivity index (χ3v) is 4.16. The molecule has 0 bridgehead atoms. The first-order valence-electron chi connectivity index (χ1n) is 8.45. The molecule has 140 valence electrons. The molecule has 3 rings (SSSR count). The zero-order chi connectivity index (χ0) is 19.2. The second-order valence-electron chi connectivity index (χ2n) is 5.89. The lowest BCUT2D eigenvalue weighted by atomic mass is 10.2. The number of hydrogen-bond donors (Lipinski definition) is 2. The normalized spacial score (nSPS) is 10.6. The van der Waals surface area contributed by atoms with Crippen molar-refractivity contribution in [1.29, 1.82) is 0 Å². The summed E-state index contributed by atoms with van der Waals surface area (Å²) < 4.78 is 11.9. The van der Waals surface area contributed by atoms with Crippen LogP contribution in [-0.4, -0.2) is 37.4 Å². The summed E-state index contributed by atoms with van der Waals surface area (Å²) >= 11 is 0. The average molecular weight is 367 g/mol. The van der Waals surface area contributed by atoms with Crippen LogP contribution in [0.1, 0.15) is 10.4 Å². The van der Waals surface area contributed by atoms with Gasteiger partial charge in [0.15, 0.2) is 0 Å². The Morgan fingerprint density at radius 2 is 1.78 bits per heavy atom. The van der Waals surface area contributed by atoms with Crippen LogP contribution in [0.15, 0.2) is 54.7 Å². The van der Waals surface area contributed by atoms with Crippen molar-refractivity contribution in [2.24, 2.45) is 0 Å². The molecule has 0 saturated heterocycles. The highest BCUT2D eigenvalue weighted by Crippen LogP contribution is 2.25. The van der Waals surface area contributed by atoms with Gasteiger partial charge in [0.05, 0.1) is 30.5 Å². The van der Waals surface area contributed by atoms with Gasteiger partial charge in [-0.2, -0.15) is 0 Å². The lowest BCUT2D eigenvalue weighted by Gasteiger charge is -2.10. The van der Waals surface area contributed by atoms with Gasteiger partial charge in [-0.3, -0.25) is 0 Å². The van der Waals surface area contributed by atoms with E-state index in [9.17, 15) is 9.59 Å². The molecule has 0 fully saturated rings. The van der Waals surface area contributed by atoms with E-state index >= 15 is 0 Å². The minimum absolute atomic E-state index is 0.363. The number of benzene rings is 2. The number of amides is 2. The fourth-order valence-corrected chi connectivity index (χ4v) is 2.81. The van der Waals surface area contributed by atoms with Gasteiger partial charge in [-0.1, -0.05) is 6.07 Å². The molecular formula is C20H21N3O4. The van der Waals surface area contributed by atoms with Crippen molar-refractivity contribution in [3.8, 4) is 0 Å². The maximum absolute atomic E-state index is 12.3. The van der Waals surface area contributed by atoms with Gasteiger partial charge in [0, 0.05) is 30.9 Å². The lowest BCUT2D eigenvalue weighted by Crippen LogP contribution is -2.19. The van der Waals surface area contributed by atoms with Crippen molar-refractivity contribution in [2.75, 3.05) is 31.5 Å². The summed E-state index contributed by atoms with van der Waals surface area (Å²) in [5, 5.41) is 6.57. The predicted octanol–water partition coefficient (Wildman–Crippen LogP) is 3.72. The van der Waals surface area contributed by atoms with Crippen molar-refractivity contribution in [3.05, 3.63) is 60.3 Å². The highest BCUT2D eigenvalue weighted by molar-refractivity contribution is 6.06. The molecule has 0 atom stereocenters. The first kappa shape index (κ1) is 18.5. The fourth-order valence-electron chi connectivity index (χ4n) is 2.81. The van der Waals surface area contributed by atoms with Crippen LogP contribution >= 0.6 is 0 Å². The molecule has 2 N–H and O–H groups in total. The van der Waals surface area contributed by atoms with Gasteiger partial charge in [-0.05, 0) is 42.5 Å². The number of methoxy groups -OCH3 is 2. The van der Waals surface area contributed by atoms with Crippen LogP contribution in [0, 0.1) is 0 Å². The fraction of sp³-hybridized carbons (Fsp3) is 0.200. The quantitative estimate of drug-likeness (QED) is 0.651. The van der Waals surface area contributed by atoms with Crippen LogP contribution in [0.2, 0.25) is 0 Å². The zero-order valence-electron chi connectivity index (χ0n) is 15.2. The molecule has 27 heavy (non-hydrogen) atoms. The maximum Gasteiger partial charge on any atom is 0.337 e. The number of fused-ring (bicyclic) bond motifs is 1. The predicted molar refractivity (Wildman–Crippen MR) is 104 cm³/mol. The van der Waals surface area contributed by atoms with Crippen molar-refractivity contribution < 1.29 is 19.1 Å². The Hall–Kier alpha value is -3.32. The summed E-state index contributed by atoms with van der Waals surface area (Å²) in [5.41, 5.74) is 2.73. The molecule has 7 nitrogen and oxygen atoms in total. The van der Waals surface area contributed by atoms with Gasteiger partial charge in [0.25, 0.3) is 0 Å². The van der Waals surface area contributed by atoms with Gasteiger partial charge < -0.3 is 24.7 Å².